The van der Waals surface area contributed by atoms with Gasteiger partial charge in [0, 0.05) is 6.04 Å². The maximum atomic E-state index is 4.06. The zero-order valence-electron chi connectivity index (χ0n) is 5.92. The number of hydrazone groups is 1. The van der Waals surface area contributed by atoms with E-state index in [1.165, 1.54) is 0 Å². The molecule has 4 nitrogen and oxygen atoms in total. The van der Waals surface area contributed by atoms with Gasteiger partial charge in [-0.2, -0.15) is 0 Å². The smallest absolute Gasteiger partial charge is 0.0384 e. The second kappa shape index (κ2) is 2.23. The summed E-state index contributed by atoms with van der Waals surface area (Å²) in [6.45, 7) is 5.95. The fourth-order valence-electron chi connectivity index (χ4n) is 0.555. The van der Waals surface area contributed by atoms with E-state index in [4.69, 9.17) is 0 Å². The highest BCUT2D eigenvalue weighted by Gasteiger charge is 2.01. The summed E-state index contributed by atoms with van der Waals surface area (Å²) in [6.07, 6.45) is 0. The van der Waals surface area contributed by atoms with Crippen LogP contribution in [0.3, 0.4) is 0 Å². The number of nitrogens with one attached hydrogen (secondary N) is 1. The molecule has 0 aliphatic carbocycles. The Morgan fingerprint density at radius 1 is 1.67 bits per heavy atom. The molecule has 0 aromatic carbocycles. The Kier molecular flexibility index (Phi) is 1.57. The Morgan fingerprint density at radius 3 is 2.56 bits per heavy atom. The highest BCUT2D eigenvalue weighted by molar-refractivity contribution is 5.91. The van der Waals surface area contributed by atoms with Crippen molar-refractivity contribution < 1.29 is 0 Å². The Balaban J connectivity index is 2.47. The largest absolute Gasteiger partial charge is 0.386 e. The average Bonchev–Trinajstić information content (AvgIpc) is 2.14. The molecule has 52 valence electrons. The van der Waals surface area contributed by atoms with E-state index in [9.17, 15) is 0 Å². The minimum absolute atomic E-state index is 0.367. The molecule has 0 unspecified atom stereocenters. The second-order valence-corrected chi connectivity index (χ2v) is 2.30. The predicted octanol–water partition coefficient (Wildman–Crippen LogP) is 0.837. The molecule has 0 saturated carbocycles. The Hall–Kier alpha value is -0.770. The third-order valence-electron chi connectivity index (χ3n) is 1.06. The van der Waals surface area contributed by atoms with Crippen molar-refractivity contribution in [2.75, 3.05) is 0 Å². The summed E-state index contributed by atoms with van der Waals surface area (Å²) in [5, 5.41) is 5.78. The van der Waals surface area contributed by atoms with Crippen molar-refractivity contribution in [2.45, 2.75) is 26.8 Å². The van der Waals surface area contributed by atoms with Crippen molar-refractivity contribution in [3.63, 3.8) is 0 Å². The van der Waals surface area contributed by atoms with Crippen molar-refractivity contribution in [2.24, 2.45) is 5.10 Å². The summed E-state index contributed by atoms with van der Waals surface area (Å²) in [5.41, 5.74) is 6.63. The predicted molar refractivity (Wildman–Crippen MR) is 36.6 cm³/mol. The molecule has 9 heavy (non-hydrogen) atoms. The van der Waals surface area contributed by atoms with Crippen LogP contribution in [0.15, 0.2) is 5.10 Å². The standard InChI is InChI=1S/C5H11N4/c1-4(2)9-7-5(3)6-8-9/h4,8H,1-3H3/q-1. The lowest BCUT2D eigenvalue weighted by Gasteiger charge is -2.24. The topological polar surface area (TPSA) is 41.7 Å². The lowest BCUT2D eigenvalue weighted by Crippen LogP contribution is -2.31. The van der Waals surface area contributed by atoms with Gasteiger partial charge in [-0.15, -0.1) is 0 Å². The van der Waals surface area contributed by atoms with Gasteiger partial charge in [-0.3, -0.25) is 0 Å². The number of amidine groups is 1. The number of hydrazine groups is 1. The van der Waals surface area contributed by atoms with Gasteiger partial charge < -0.3 is 15.6 Å². The van der Waals surface area contributed by atoms with Crippen LogP contribution >= 0.6 is 0 Å². The summed E-state index contributed by atoms with van der Waals surface area (Å²) in [7, 11) is 0. The quantitative estimate of drug-likeness (QED) is 0.567. The number of nitrogens with zero attached hydrogens (tertiary/aromatic N) is 3. The van der Waals surface area contributed by atoms with E-state index < -0.39 is 0 Å². The molecule has 0 aromatic heterocycles. The third-order valence-corrected chi connectivity index (χ3v) is 1.06. The summed E-state index contributed by atoms with van der Waals surface area (Å²) < 4.78 is 0. The van der Waals surface area contributed by atoms with E-state index in [1.54, 1.807) is 5.12 Å². The highest BCUT2D eigenvalue weighted by Crippen LogP contribution is 2.04. The van der Waals surface area contributed by atoms with Gasteiger partial charge in [-0.25, -0.2) is 5.53 Å². The molecule has 1 rings (SSSR count). The Labute approximate surface area is 54.9 Å². The van der Waals surface area contributed by atoms with E-state index in [1.807, 2.05) is 20.8 Å². The van der Waals surface area contributed by atoms with Crippen molar-refractivity contribution in [3.8, 4) is 0 Å². The molecule has 0 amide bonds. The van der Waals surface area contributed by atoms with E-state index in [0.717, 1.165) is 5.84 Å². The van der Waals surface area contributed by atoms with E-state index in [-0.39, 0.29) is 0 Å². The van der Waals surface area contributed by atoms with E-state index in [0.29, 0.717) is 6.04 Å². The van der Waals surface area contributed by atoms with Crippen LogP contribution in [0.25, 0.3) is 5.43 Å². The zero-order chi connectivity index (χ0) is 6.85. The van der Waals surface area contributed by atoms with Crippen LogP contribution in [0.2, 0.25) is 0 Å². The summed E-state index contributed by atoms with van der Waals surface area (Å²) in [4.78, 5) is 0. The van der Waals surface area contributed by atoms with Crippen LogP contribution in [0.4, 0.5) is 0 Å². The fraction of sp³-hybridized carbons (Fsp3) is 0.800. The van der Waals surface area contributed by atoms with Gasteiger partial charge in [0.25, 0.3) is 0 Å². The van der Waals surface area contributed by atoms with Gasteiger partial charge in [-0.05, 0) is 20.8 Å². The van der Waals surface area contributed by atoms with Gasteiger partial charge in [0.15, 0.2) is 0 Å². The first-order valence-electron chi connectivity index (χ1n) is 3.01. The summed E-state index contributed by atoms with van der Waals surface area (Å²) in [5.74, 6) is 0.781. The zero-order valence-corrected chi connectivity index (χ0v) is 5.92. The molecule has 0 spiro atoms. The van der Waals surface area contributed by atoms with Crippen LogP contribution in [-0.4, -0.2) is 17.0 Å². The lowest BCUT2D eigenvalue weighted by atomic mass is 10.4. The molecule has 0 radical (unpaired) electrons. The molecule has 0 bridgehead atoms. The molecule has 0 saturated heterocycles. The minimum atomic E-state index is 0.367. The molecule has 1 aliphatic heterocycles. The van der Waals surface area contributed by atoms with Crippen LogP contribution in [-0.2, 0) is 0 Å². The van der Waals surface area contributed by atoms with Crippen molar-refractivity contribution in [3.05, 3.63) is 5.43 Å². The van der Waals surface area contributed by atoms with Crippen LogP contribution < -0.4 is 5.53 Å². The third kappa shape index (κ3) is 1.32. The van der Waals surface area contributed by atoms with Gasteiger partial charge >= 0.3 is 0 Å². The first-order valence-corrected chi connectivity index (χ1v) is 3.01. The molecule has 0 atom stereocenters. The summed E-state index contributed by atoms with van der Waals surface area (Å²) in [6, 6.07) is 0.367. The number of hydrogen-bond acceptors (Lipinski definition) is 3. The first-order chi connectivity index (χ1) is 4.20. The second-order valence-electron chi connectivity index (χ2n) is 2.30. The molecule has 0 aromatic rings. The molecular weight excluding hydrogens is 116 g/mol. The van der Waals surface area contributed by atoms with Crippen molar-refractivity contribution in [1.82, 2.24) is 10.7 Å². The molecule has 1 aliphatic rings. The SMILES string of the molecule is CC1=NN(C(C)C)N[N-]1. The van der Waals surface area contributed by atoms with Gasteiger partial charge in [0.1, 0.15) is 0 Å². The van der Waals surface area contributed by atoms with Crippen molar-refractivity contribution in [1.29, 1.82) is 0 Å². The van der Waals surface area contributed by atoms with E-state index >= 15 is 0 Å². The molecular formula is C5H11N4-. The van der Waals surface area contributed by atoms with Gasteiger partial charge in [0.2, 0.25) is 0 Å². The van der Waals surface area contributed by atoms with Crippen molar-refractivity contribution >= 4 is 5.84 Å². The van der Waals surface area contributed by atoms with Gasteiger partial charge in [0.05, 0.1) is 0 Å². The Bertz CT molecular complexity index is 129. The van der Waals surface area contributed by atoms with Crippen LogP contribution in [0.5, 0.6) is 0 Å². The van der Waals surface area contributed by atoms with E-state index in [2.05, 4.69) is 16.1 Å². The maximum Gasteiger partial charge on any atom is 0.0384 e. The molecule has 0 fully saturated rings. The average molecular weight is 127 g/mol. The maximum absolute atomic E-state index is 4.06. The normalized spacial score (nSPS) is 18.2. The Morgan fingerprint density at radius 2 is 2.33 bits per heavy atom. The minimum Gasteiger partial charge on any atom is -0.386 e. The van der Waals surface area contributed by atoms with Gasteiger partial charge in [-0.1, -0.05) is 5.84 Å². The lowest BCUT2D eigenvalue weighted by molar-refractivity contribution is 0.192. The van der Waals surface area contributed by atoms with Crippen LogP contribution in [0, 0.1) is 0 Å². The fourth-order valence-corrected chi connectivity index (χ4v) is 0.555. The summed E-state index contributed by atoms with van der Waals surface area (Å²) >= 11 is 0. The molecule has 4 heteroatoms. The number of rotatable bonds is 1. The highest BCUT2D eigenvalue weighted by atomic mass is 15.9. The monoisotopic (exact) mass is 127 g/mol. The first kappa shape index (κ1) is 6.35. The molecule has 1 N–H and O–H groups in total. The van der Waals surface area contributed by atoms with Crippen LogP contribution in [0.1, 0.15) is 20.8 Å². The number of hydrogen-bond donors (Lipinski definition) is 1. The molecule has 1 heterocycles.